The Kier molecular flexibility index (Phi) is 3.57. The number of nitrogens with zero attached hydrogens (tertiary/aromatic N) is 2. The quantitative estimate of drug-likeness (QED) is 0.747. The number of ether oxygens (including phenoxy) is 2. The number of halogens is 1. The Morgan fingerprint density at radius 2 is 1.96 bits per heavy atom. The van der Waals surface area contributed by atoms with Crippen LogP contribution in [0.5, 0.6) is 11.5 Å². The standard InChI is InChI=1S/C19H19BrN2O2/c1-19(2)22-17(15-10-13(20)6-9-18(15)24-19)11-16(21-22)12-4-7-14(23-3)8-5-12/h4-10,17H,11H2,1-3H3/t17-/m1/s1. The van der Waals surface area contributed by atoms with Crippen molar-refractivity contribution in [2.75, 3.05) is 7.11 Å². The summed E-state index contributed by atoms with van der Waals surface area (Å²) in [5.41, 5.74) is 2.90. The average molecular weight is 387 g/mol. The second kappa shape index (κ2) is 5.52. The third-order valence-corrected chi connectivity index (χ3v) is 5.07. The van der Waals surface area contributed by atoms with E-state index in [0.717, 1.165) is 33.7 Å². The number of hydrogen-bond donors (Lipinski definition) is 0. The van der Waals surface area contributed by atoms with Gasteiger partial charge in [-0.3, -0.25) is 0 Å². The lowest BCUT2D eigenvalue weighted by Gasteiger charge is -2.43. The summed E-state index contributed by atoms with van der Waals surface area (Å²) in [7, 11) is 1.68. The molecule has 2 aliphatic heterocycles. The number of benzene rings is 2. The highest BCUT2D eigenvalue weighted by atomic mass is 79.9. The molecule has 0 saturated heterocycles. The summed E-state index contributed by atoms with van der Waals surface area (Å²) in [5.74, 6) is 1.80. The summed E-state index contributed by atoms with van der Waals surface area (Å²) in [6.45, 7) is 4.12. The molecule has 0 bridgehead atoms. The van der Waals surface area contributed by atoms with Crippen LogP contribution in [-0.4, -0.2) is 23.6 Å². The van der Waals surface area contributed by atoms with E-state index in [2.05, 4.69) is 53.0 Å². The highest BCUT2D eigenvalue weighted by Gasteiger charge is 2.44. The Morgan fingerprint density at radius 3 is 2.67 bits per heavy atom. The molecule has 5 heteroatoms. The maximum absolute atomic E-state index is 6.19. The Balaban J connectivity index is 1.73. The predicted molar refractivity (Wildman–Crippen MR) is 97.6 cm³/mol. The third-order valence-electron chi connectivity index (χ3n) is 4.58. The monoisotopic (exact) mass is 386 g/mol. The van der Waals surface area contributed by atoms with E-state index in [4.69, 9.17) is 14.6 Å². The molecule has 4 rings (SSSR count). The van der Waals surface area contributed by atoms with Gasteiger partial charge in [-0.15, -0.1) is 0 Å². The van der Waals surface area contributed by atoms with Crippen LogP contribution in [0.25, 0.3) is 0 Å². The second-order valence-electron chi connectivity index (χ2n) is 6.57. The van der Waals surface area contributed by atoms with Gasteiger partial charge in [-0.05, 0) is 61.9 Å². The molecule has 1 atom stereocenters. The second-order valence-corrected chi connectivity index (χ2v) is 7.49. The van der Waals surface area contributed by atoms with Gasteiger partial charge in [-0.1, -0.05) is 15.9 Å². The van der Waals surface area contributed by atoms with Gasteiger partial charge in [0.05, 0.1) is 18.9 Å². The van der Waals surface area contributed by atoms with Gasteiger partial charge in [-0.25, -0.2) is 5.01 Å². The number of hydrazone groups is 1. The van der Waals surface area contributed by atoms with Crippen molar-refractivity contribution in [1.82, 2.24) is 5.01 Å². The molecule has 0 amide bonds. The largest absolute Gasteiger partial charge is 0.497 e. The first-order chi connectivity index (χ1) is 11.5. The van der Waals surface area contributed by atoms with E-state index in [-0.39, 0.29) is 6.04 Å². The Morgan fingerprint density at radius 1 is 1.21 bits per heavy atom. The van der Waals surface area contributed by atoms with Crippen LogP contribution in [0.3, 0.4) is 0 Å². The van der Waals surface area contributed by atoms with Gasteiger partial charge in [0, 0.05) is 16.5 Å². The molecule has 0 aromatic heterocycles. The minimum atomic E-state index is -0.473. The van der Waals surface area contributed by atoms with Crippen LogP contribution in [0.15, 0.2) is 52.0 Å². The van der Waals surface area contributed by atoms with Crippen molar-refractivity contribution in [3.05, 3.63) is 58.1 Å². The van der Waals surface area contributed by atoms with Crippen LogP contribution in [0.4, 0.5) is 0 Å². The van der Waals surface area contributed by atoms with Crippen LogP contribution in [0.1, 0.15) is 37.4 Å². The van der Waals surface area contributed by atoms with Gasteiger partial charge in [-0.2, -0.15) is 5.10 Å². The van der Waals surface area contributed by atoms with Crippen molar-refractivity contribution in [3.8, 4) is 11.5 Å². The van der Waals surface area contributed by atoms with Crippen molar-refractivity contribution in [2.24, 2.45) is 5.10 Å². The number of fused-ring (bicyclic) bond motifs is 3. The third kappa shape index (κ3) is 2.47. The van der Waals surface area contributed by atoms with Crippen molar-refractivity contribution in [2.45, 2.75) is 32.0 Å². The van der Waals surface area contributed by atoms with Crippen LogP contribution < -0.4 is 9.47 Å². The summed E-state index contributed by atoms with van der Waals surface area (Å²) in [4.78, 5) is 0. The fourth-order valence-electron chi connectivity index (χ4n) is 3.40. The lowest BCUT2D eigenvalue weighted by atomic mass is 9.95. The molecule has 24 heavy (non-hydrogen) atoms. The number of rotatable bonds is 2. The SMILES string of the molecule is COc1ccc(C2=NN3[C@H](C2)c2cc(Br)ccc2OC3(C)C)cc1. The summed E-state index contributed by atoms with van der Waals surface area (Å²) in [5, 5.41) is 6.97. The molecule has 124 valence electrons. The summed E-state index contributed by atoms with van der Waals surface area (Å²) >= 11 is 3.57. The Bertz CT molecular complexity index is 815. The van der Waals surface area contributed by atoms with Crippen LogP contribution in [0, 0.1) is 0 Å². The first kappa shape index (κ1) is 15.5. The zero-order valence-corrected chi connectivity index (χ0v) is 15.5. The van der Waals surface area contributed by atoms with Crippen LogP contribution in [0.2, 0.25) is 0 Å². The zero-order chi connectivity index (χ0) is 16.9. The van der Waals surface area contributed by atoms with Gasteiger partial charge in [0.1, 0.15) is 11.5 Å². The molecule has 2 aliphatic rings. The smallest absolute Gasteiger partial charge is 0.192 e. The molecule has 0 radical (unpaired) electrons. The van der Waals surface area contributed by atoms with Gasteiger partial charge in [0.25, 0.3) is 0 Å². The molecule has 0 aliphatic carbocycles. The molecule has 0 saturated carbocycles. The lowest BCUT2D eigenvalue weighted by molar-refractivity contribution is -0.0911. The van der Waals surface area contributed by atoms with Gasteiger partial charge in [0.2, 0.25) is 0 Å². The van der Waals surface area contributed by atoms with Gasteiger partial charge >= 0.3 is 0 Å². The summed E-state index contributed by atoms with van der Waals surface area (Å²) in [6, 6.07) is 14.4. The number of methoxy groups -OCH3 is 1. The van der Waals surface area contributed by atoms with Crippen molar-refractivity contribution in [3.63, 3.8) is 0 Å². The van der Waals surface area contributed by atoms with E-state index in [1.54, 1.807) is 7.11 Å². The Labute approximate surface area is 150 Å². The molecule has 0 N–H and O–H groups in total. The minimum Gasteiger partial charge on any atom is -0.497 e. The van der Waals surface area contributed by atoms with E-state index < -0.39 is 5.72 Å². The molecule has 4 nitrogen and oxygen atoms in total. The van der Waals surface area contributed by atoms with Crippen LogP contribution >= 0.6 is 15.9 Å². The maximum atomic E-state index is 6.19. The Hall–Kier alpha value is -2.01. The number of hydrogen-bond acceptors (Lipinski definition) is 4. The molecule has 2 aromatic rings. The fraction of sp³-hybridized carbons (Fsp3) is 0.316. The zero-order valence-electron chi connectivity index (χ0n) is 13.9. The van der Waals surface area contributed by atoms with Crippen LogP contribution in [-0.2, 0) is 0 Å². The van der Waals surface area contributed by atoms with Gasteiger partial charge in [0.15, 0.2) is 5.72 Å². The van der Waals surface area contributed by atoms with E-state index in [1.165, 1.54) is 5.56 Å². The molecule has 2 heterocycles. The van der Waals surface area contributed by atoms with Crippen molar-refractivity contribution in [1.29, 1.82) is 0 Å². The first-order valence-electron chi connectivity index (χ1n) is 7.97. The highest BCUT2D eigenvalue weighted by molar-refractivity contribution is 9.10. The molecule has 0 fully saturated rings. The lowest BCUT2D eigenvalue weighted by Crippen LogP contribution is -2.48. The molecular formula is C19H19BrN2O2. The van der Waals surface area contributed by atoms with Crippen molar-refractivity contribution < 1.29 is 9.47 Å². The summed E-state index contributed by atoms with van der Waals surface area (Å²) < 4.78 is 12.5. The molecule has 2 aromatic carbocycles. The molecular weight excluding hydrogens is 368 g/mol. The van der Waals surface area contributed by atoms with E-state index in [0.29, 0.717) is 0 Å². The molecule has 0 spiro atoms. The summed E-state index contributed by atoms with van der Waals surface area (Å²) in [6.07, 6.45) is 0.864. The van der Waals surface area contributed by atoms with E-state index >= 15 is 0 Å². The maximum Gasteiger partial charge on any atom is 0.192 e. The highest BCUT2D eigenvalue weighted by Crippen LogP contribution is 2.47. The van der Waals surface area contributed by atoms with Crippen molar-refractivity contribution >= 4 is 21.6 Å². The average Bonchev–Trinajstić information content (AvgIpc) is 3.02. The normalized spacial score (nSPS) is 20.8. The fourth-order valence-corrected chi connectivity index (χ4v) is 3.77. The van der Waals surface area contributed by atoms with E-state index in [9.17, 15) is 0 Å². The predicted octanol–water partition coefficient (Wildman–Crippen LogP) is 4.74. The molecule has 0 unspecified atom stereocenters. The topological polar surface area (TPSA) is 34.1 Å². The minimum absolute atomic E-state index is 0.193. The first-order valence-corrected chi connectivity index (χ1v) is 8.77. The van der Waals surface area contributed by atoms with E-state index in [1.807, 2.05) is 24.3 Å². The van der Waals surface area contributed by atoms with Gasteiger partial charge < -0.3 is 9.47 Å².